The van der Waals surface area contributed by atoms with Gasteiger partial charge in [-0.15, -0.1) is 0 Å². The van der Waals surface area contributed by atoms with Crippen LogP contribution in [-0.2, 0) is 0 Å². The predicted octanol–water partition coefficient (Wildman–Crippen LogP) is 1.96. The van der Waals surface area contributed by atoms with Gasteiger partial charge in [0, 0.05) is 60.2 Å². The van der Waals surface area contributed by atoms with Crippen LogP contribution in [0.1, 0.15) is 6.92 Å². The molecule has 1 aromatic heterocycles. The van der Waals surface area contributed by atoms with Gasteiger partial charge in [-0.1, -0.05) is 0 Å². The number of hydrogen-bond donors (Lipinski definition) is 1. The molecule has 19 heavy (non-hydrogen) atoms. The van der Waals surface area contributed by atoms with Gasteiger partial charge in [0.05, 0.1) is 0 Å². The monoisotopic (exact) mass is 256 g/mol. The first-order valence-corrected chi connectivity index (χ1v) is 6.74. The Bertz CT molecular complexity index is 596. The third-order valence-electron chi connectivity index (χ3n) is 4.13. The standard InChI is InChI=1S/C15H20N4/c1-11-10-19(8-7-18(11)2)15-4-3-14(16)12-5-6-17-9-13(12)15/h3-6,9,11H,7-8,10,16H2,1-2H3. The third kappa shape index (κ3) is 2.12. The van der Waals surface area contributed by atoms with Crippen LogP contribution in [-0.4, -0.2) is 42.6 Å². The normalized spacial score (nSPS) is 20.9. The minimum absolute atomic E-state index is 0.568. The van der Waals surface area contributed by atoms with Crippen molar-refractivity contribution in [3.8, 4) is 0 Å². The van der Waals surface area contributed by atoms with Gasteiger partial charge >= 0.3 is 0 Å². The Morgan fingerprint density at radius 3 is 2.84 bits per heavy atom. The molecule has 0 saturated carbocycles. The van der Waals surface area contributed by atoms with Gasteiger partial charge in [-0.2, -0.15) is 0 Å². The Morgan fingerprint density at radius 2 is 2.05 bits per heavy atom. The van der Waals surface area contributed by atoms with Crippen molar-refractivity contribution < 1.29 is 0 Å². The van der Waals surface area contributed by atoms with Crippen LogP contribution >= 0.6 is 0 Å². The lowest BCUT2D eigenvalue weighted by Gasteiger charge is -2.39. The van der Waals surface area contributed by atoms with Gasteiger partial charge in [0.15, 0.2) is 0 Å². The minimum Gasteiger partial charge on any atom is -0.398 e. The molecule has 0 aliphatic carbocycles. The topological polar surface area (TPSA) is 45.4 Å². The number of likely N-dealkylation sites (N-methyl/N-ethyl adjacent to an activating group) is 1. The number of pyridine rings is 1. The van der Waals surface area contributed by atoms with E-state index in [0.717, 1.165) is 36.1 Å². The third-order valence-corrected chi connectivity index (χ3v) is 4.13. The van der Waals surface area contributed by atoms with E-state index in [2.05, 4.69) is 34.8 Å². The zero-order chi connectivity index (χ0) is 13.4. The lowest BCUT2D eigenvalue weighted by Crippen LogP contribution is -2.50. The summed E-state index contributed by atoms with van der Waals surface area (Å²) < 4.78 is 0. The molecule has 2 heterocycles. The van der Waals surface area contributed by atoms with Gasteiger partial charge in [0.25, 0.3) is 0 Å². The quantitative estimate of drug-likeness (QED) is 0.792. The number of rotatable bonds is 1. The Hall–Kier alpha value is -1.81. The molecule has 3 rings (SSSR count). The Morgan fingerprint density at radius 1 is 1.21 bits per heavy atom. The smallest absolute Gasteiger partial charge is 0.0464 e. The number of hydrogen-bond acceptors (Lipinski definition) is 4. The zero-order valence-electron chi connectivity index (χ0n) is 11.5. The van der Waals surface area contributed by atoms with Crippen molar-refractivity contribution in [3.05, 3.63) is 30.6 Å². The molecule has 0 radical (unpaired) electrons. The summed E-state index contributed by atoms with van der Waals surface area (Å²) in [7, 11) is 2.19. The van der Waals surface area contributed by atoms with Gasteiger partial charge < -0.3 is 15.5 Å². The van der Waals surface area contributed by atoms with Gasteiger partial charge in [0.1, 0.15) is 0 Å². The molecule has 2 N–H and O–H groups in total. The largest absolute Gasteiger partial charge is 0.398 e. The van der Waals surface area contributed by atoms with E-state index >= 15 is 0 Å². The Kier molecular flexibility index (Phi) is 3.03. The van der Waals surface area contributed by atoms with E-state index in [1.807, 2.05) is 18.3 Å². The molecular formula is C15H20N4. The van der Waals surface area contributed by atoms with E-state index in [1.165, 1.54) is 5.69 Å². The molecule has 0 bridgehead atoms. The number of piperazine rings is 1. The van der Waals surface area contributed by atoms with Gasteiger partial charge in [-0.3, -0.25) is 4.98 Å². The summed E-state index contributed by atoms with van der Waals surface area (Å²) in [6, 6.07) is 6.68. The Balaban J connectivity index is 2.04. The second kappa shape index (κ2) is 4.70. The highest BCUT2D eigenvalue weighted by atomic mass is 15.3. The lowest BCUT2D eigenvalue weighted by molar-refractivity contribution is 0.234. The fourth-order valence-electron chi connectivity index (χ4n) is 2.74. The van der Waals surface area contributed by atoms with E-state index in [1.54, 1.807) is 6.20 Å². The van der Waals surface area contributed by atoms with Crippen molar-refractivity contribution in [2.24, 2.45) is 0 Å². The van der Waals surface area contributed by atoms with E-state index in [-0.39, 0.29) is 0 Å². The highest BCUT2D eigenvalue weighted by Crippen LogP contribution is 2.31. The molecule has 1 fully saturated rings. The number of nitrogens with two attached hydrogens (primary N) is 1. The van der Waals surface area contributed by atoms with Crippen molar-refractivity contribution in [1.29, 1.82) is 0 Å². The van der Waals surface area contributed by atoms with Crippen molar-refractivity contribution in [2.75, 3.05) is 37.3 Å². The van der Waals surface area contributed by atoms with Crippen LogP contribution in [0.25, 0.3) is 10.8 Å². The number of benzene rings is 1. The number of anilines is 2. The maximum atomic E-state index is 6.05. The molecule has 1 atom stereocenters. The molecule has 0 spiro atoms. The van der Waals surface area contributed by atoms with Crippen LogP contribution in [0.5, 0.6) is 0 Å². The van der Waals surface area contributed by atoms with Crippen LogP contribution in [0.4, 0.5) is 11.4 Å². The van der Waals surface area contributed by atoms with Crippen molar-refractivity contribution >= 4 is 22.1 Å². The van der Waals surface area contributed by atoms with Gasteiger partial charge in [0.2, 0.25) is 0 Å². The molecule has 1 saturated heterocycles. The van der Waals surface area contributed by atoms with Gasteiger partial charge in [-0.25, -0.2) is 0 Å². The molecular weight excluding hydrogens is 236 g/mol. The second-order valence-corrected chi connectivity index (χ2v) is 5.37. The molecule has 100 valence electrons. The van der Waals surface area contributed by atoms with E-state index in [0.29, 0.717) is 6.04 Å². The SMILES string of the molecule is CC1CN(c2ccc(N)c3ccncc23)CCN1C. The number of fused-ring (bicyclic) bond motifs is 1. The van der Waals surface area contributed by atoms with Crippen LogP contribution < -0.4 is 10.6 Å². The summed E-state index contributed by atoms with van der Waals surface area (Å²) in [4.78, 5) is 9.09. The molecule has 1 aliphatic heterocycles. The number of nitrogens with zero attached hydrogens (tertiary/aromatic N) is 3. The van der Waals surface area contributed by atoms with E-state index in [4.69, 9.17) is 5.73 Å². The number of nitrogen functional groups attached to an aromatic ring is 1. The summed E-state index contributed by atoms with van der Waals surface area (Å²) in [6.07, 6.45) is 3.72. The van der Waals surface area contributed by atoms with Crippen molar-refractivity contribution in [2.45, 2.75) is 13.0 Å². The maximum absolute atomic E-state index is 6.05. The summed E-state index contributed by atoms with van der Waals surface area (Å²) in [6.45, 7) is 5.45. The fourth-order valence-corrected chi connectivity index (χ4v) is 2.74. The average molecular weight is 256 g/mol. The molecule has 1 aromatic carbocycles. The molecule has 1 unspecified atom stereocenters. The first kappa shape index (κ1) is 12.2. The summed E-state index contributed by atoms with van der Waals surface area (Å²) in [5.74, 6) is 0. The molecule has 0 amide bonds. The molecule has 4 nitrogen and oxygen atoms in total. The van der Waals surface area contributed by atoms with Crippen LogP contribution in [0.3, 0.4) is 0 Å². The lowest BCUT2D eigenvalue weighted by atomic mass is 10.1. The van der Waals surface area contributed by atoms with Crippen molar-refractivity contribution in [1.82, 2.24) is 9.88 Å². The van der Waals surface area contributed by atoms with Gasteiger partial charge in [-0.05, 0) is 32.2 Å². The van der Waals surface area contributed by atoms with E-state index < -0.39 is 0 Å². The first-order chi connectivity index (χ1) is 9.16. The minimum atomic E-state index is 0.568. The zero-order valence-corrected chi connectivity index (χ0v) is 11.5. The van der Waals surface area contributed by atoms with Crippen LogP contribution in [0.2, 0.25) is 0 Å². The first-order valence-electron chi connectivity index (χ1n) is 6.74. The Labute approximate surface area is 113 Å². The summed E-state index contributed by atoms with van der Waals surface area (Å²) in [5, 5.41) is 2.25. The summed E-state index contributed by atoms with van der Waals surface area (Å²) >= 11 is 0. The maximum Gasteiger partial charge on any atom is 0.0464 e. The molecule has 1 aliphatic rings. The molecule has 4 heteroatoms. The summed E-state index contributed by atoms with van der Waals surface area (Å²) in [5.41, 5.74) is 8.12. The van der Waals surface area contributed by atoms with Crippen LogP contribution in [0.15, 0.2) is 30.6 Å². The predicted molar refractivity (Wildman–Crippen MR) is 80.5 cm³/mol. The second-order valence-electron chi connectivity index (χ2n) is 5.37. The number of aromatic nitrogens is 1. The highest BCUT2D eigenvalue weighted by molar-refractivity contribution is 6.00. The average Bonchev–Trinajstić information content (AvgIpc) is 2.43. The fraction of sp³-hybridized carbons (Fsp3) is 0.400. The highest BCUT2D eigenvalue weighted by Gasteiger charge is 2.22. The van der Waals surface area contributed by atoms with E-state index in [9.17, 15) is 0 Å². The van der Waals surface area contributed by atoms with Crippen LogP contribution in [0, 0.1) is 0 Å². The molecule has 2 aromatic rings. The van der Waals surface area contributed by atoms with Crippen molar-refractivity contribution in [3.63, 3.8) is 0 Å².